The third kappa shape index (κ3) is 2.76. The fourth-order valence-electron chi connectivity index (χ4n) is 3.31. The summed E-state index contributed by atoms with van der Waals surface area (Å²) in [5.41, 5.74) is 0.191. The molecule has 2 aromatic rings. The van der Waals surface area contributed by atoms with Crippen molar-refractivity contribution in [2.24, 2.45) is 11.8 Å². The minimum absolute atomic E-state index is 0.191. The molecule has 0 saturated heterocycles. The van der Waals surface area contributed by atoms with Crippen molar-refractivity contribution in [2.75, 3.05) is 0 Å². The van der Waals surface area contributed by atoms with Crippen molar-refractivity contribution in [1.29, 1.82) is 0 Å². The van der Waals surface area contributed by atoms with Crippen LogP contribution in [0.3, 0.4) is 0 Å². The number of pyridine rings is 1. The van der Waals surface area contributed by atoms with Gasteiger partial charge in [-0.1, -0.05) is 26.2 Å². The maximum Gasteiger partial charge on any atom is 0.268 e. The molecule has 0 spiro atoms. The molecule has 0 aromatic carbocycles. The highest BCUT2D eigenvalue weighted by Gasteiger charge is 2.18. The van der Waals surface area contributed by atoms with Crippen LogP contribution in [0.5, 0.6) is 0 Å². The fraction of sp³-hybridized carbons (Fsp3) is 0.562. The summed E-state index contributed by atoms with van der Waals surface area (Å²) in [7, 11) is 0. The van der Waals surface area contributed by atoms with E-state index in [9.17, 15) is 4.79 Å². The lowest BCUT2D eigenvalue weighted by molar-refractivity contribution is 0.260. The SMILES string of the molecule is CC1CCCC(CCn2ccc3ccsc3c2=O)C1. The summed E-state index contributed by atoms with van der Waals surface area (Å²) in [6.45, 7) is 3.24. The zero-order valence-corrected chi connectivity index (χ0v) is 12.3. The molecule has 1 aliphatic carbocycles. The summed E-state index contributed by atoms with van der Waals surface area (Å²) < 4.78 is 2.80. The number of hydrogen-bond donors (Lipinski definition) is 0. The molecule has 0 N–H and O–H groups in total. The van der Waals surface area contributed by atoms with Crippen molar-refractivity contribution in [2.45, 2.75) is 45.6 Å². The molecule has 19 heavy (non-hydrogen) atoms. The molecule has 3 heteroatoms. The largest absolute Gasteiger partial charge is 0.314 e. The van der Waals surface area contributed by atoms with E-state index in [0.29, 0.717) is 0 Å². The molecule has 1 fully saturated rings. The fourth-order valence-corrected chi connectivity index (χ4v) is 4.15. The highest BCUT2D eigenvalue weighted by molar-refractivity contribution is 7.17. The van der Waals surface area contributed by atoms with Crippen molar-refractivity contribution in [3.8, 4) is 0 Å². The molecule has 1 aliphatic rings. The average Bonchev–Trinajstić information content (AvgIpc) is 2.87. The van der Waals surface area contributed by atoms with Crippen molar-refractivity contribution in [3.05, 3.63) is 34.1 Å². The molecule has 2 nitrogen and oxygen atoms in total. The molecular weight excluding hydrogens is 254 g/mol. The van der Waals surface area contributed by atoms with Gasteiger partial charge in [0.2, 0.25) is 0 Å². The molecule has 1 saturated carbocycles. The van der Waals surface area contributed by atoms with Crippen molar-refractivity contribution in [3.63, 3.8) is 0 Å². The first-order chi connectivity index (χ1) is 9.24. The van der Waals surface area contributed by atoms with Crippen LogP contribution in [0.25, 0.3) is 10.1 Å². The molecule has 2 aromatic heterocycles. The van der Waals surface area contributed by atoms with Gasteiger partial charge in [0.15, 0.2) is 0 Å². The van der Waals surface area contributed by atoms with E-state index in [2.05, 4.69) is 13.0 Å². The van der Waals surface area contributed by atoms with Gasteiger partial charge in [-0.2, -0.15) is 0 Å². The number of aryl methyl sites for hydroxylation is 1. The zero-order chi connectivity index (χ0) is 13.2. The molecule has 2 heterocycles. The second kappa shape index (κ2) is 5.49. The van der Waals surface area contributed by atoms with Crippen LogP contribution in [0, 0.1) is 11.8 Å². The third-order valence-electron chi connectivity index (χ3n) is 4.41. The Labute approximate surface area is 118 Å². The summed E-state index contributed by atoms with van der Waals surface area (Å²) in [4.78, 5) is 12.3. The Hall–Kier alpha value is -1.09. The monoisotopic (exact) mass is 275 g/mol. The van der Waals surface area contributed by atoms with Crippen molar-refractivity contribution >= 4 is 21.4 Å². The first-order valence-corrected chi connectivity index (χ1v) is 8.18. The van der Waals surface area contributed by atoms with Crippen molar-refractivity contribution in [1.82, 2.24) is 4.57 Å². The maximum absolute atomic E-state index is 12.3. The standard InChI is InChI=1S/C16H21NOS/c1-12-3-2-4-13(11-12)5-8-17-9-6-14-7-10-19-15(14)16(17)18/h6-7,9-10,12-13H,2-5,8,11H2,1H3. The van der Waals surface area contributed by atoms with Gasteiger partial charge in [-0.25, -0.2) is 0 Å². The van der Waals surface area contributed by atoms with Gasteiger partial charge in [-0.05, 0) is 47.6 Å². The highest BCUT2D eigenvalue weighted by atomic mass is 32.1. The van der Waals surface area contributed by atoms with Gasteiger partial charge in [-0.15, -0.1) is 11.3 Å². The van der Waals surface area contributed by atoms with Crippen molar-refractivity contribution < 1.29 is 0 Å². The van der Waals surface area contributed by atoms with E-state index in [0.717, 1.165) is 34.9 Å². The van der Waals surface area contributed by atoms with E-state index in [-0.39, 0.29) is 5.56 Å². The van der Waals surface area contributed by atoms with E-state index >= 15 is 0 Å². The Morgan fingerprint density at radius 3 is 3.11 bits per heavy atom. The van der Waals surface area contributed by atoms with Gasteiger partial charge in [0.1, 0.15) is 0 Å². The van der Waals surface area contributed by atoms with Gasteiger partial charge >= 0.3 is 0 Å². The van der Waals surface area contributed by atoms with Crippen LogP contribution in [0.15, 0.2) is 28.5 Å². The van der Waals surface area contributed by atoms with E-state index in [1.807, 2.05) is 22.2 Å². The molecule has 2 unspecified atom stereocenters. The van der Waals surface area contributed by atoms with Crippen LogP contribution in [-0.2, 0) is 6.54 Å². The molecule has 0 bridgehead atoms. The maximum atomic E-state index is 12.3. The number of rotatable bonds is 3. The normalized spacial score (nSPS) is 23.8. The van der Waals surface area contributed by atoms with Crippen LogP contribution >= 0.6 is 11.3 Å². The van der Waals surface area contributed by atoms with Crippen LogP contribution in [0.1, 0.15) is 39.0 Å². The van der Waals surface area contributed by atoms with E-state index in [1.165, 1.54) is 25.7 Å². The van der Waals surface area contributed by atoms with Crippen LogP contribution in [0.2, 0.25) is 0 Å². The van der Waals surface area contributed by atoms with Gasteiger partial charge in [0.25, 0.3) is 5.56 Å². The number of fused-ring (bicyclic) bond motifs is 1. The second-order valence-electron chi connectivity index (χ2n) is 5.95. The quantitative estimate of drug-likeness (QED) is 0.819. The smallest absolute Gasteiger partial charge is 0.268 e. The lowest BCUT2D eigenvalue weighted by atomic mass is 9.81. The first kappa shape index (κ1) is 12.9. The average molecular weight is 275 g/mol. The third-order valence-corrected chi connectivity index (χ3v) is 5.33. The number of thiophene rings is 1. The molecule has 102 valence electrons. The molecule has 0 aliphatic heterocycles. The summed E-state index contributed by atoms with van der Waals surface area (Å²) in [6, 6.07) is 4.09. The van der Waals surface area contributed by atoms with Gasteiger partial charge in [-0.3, -0.25) is 4.79 Å². The van der Waals surface area contributed by atoms with Crippen LogP contribution < -0.4 is 5.56 Å². The predicted octanol–water partition coefficient (Wildman–Crippen LogP) is 4.28. The van der Waals surface area contributed by atoms with Gasteiger partial charge in [0.05, 0.1) is 4.70 Å². The van der Waals surface area contributed by atoms with Gasteiger partial charge in [0, 0.05) is 12.7 Å². The molecule has 0 amide bonds. The minimum Gasteiger partial charge on any atom is -0.314 e. The lowest BCUT2D eigenvalue weighted by Crippen LogP contribution is -2.21. The summed E-state index contributed by atoms with van der Waals surface area (Å²) in [5, 5.41) is 3.08. The van der Waals surface area contributed by atoms with Gasteiger partial charge < -0.3 is 4.57 Å². The Bertz CT molecular complexity index is 612. The Morgan fingerprint density at radius 2 is 2.26 bits per heavy atom. The topological polar surface area (TPSA) is 22.0 Å². The number of nitrogens with zero attached hydrogens (tertiary/aromatic N) is 1. The predicted molar refractivity (Wildman–Crippen MR) is 81.8 cm³/mol. The summed E-state index contributed by atoms with van der Waals surface area (Å²) >= 11 is 1.56. The highest BCUT2D eigenvalue weighted by Crippen LogP contribution is 2.30. The number of aromatic nitrogens is 1. The zero-order valence-electron chi connectivity index (χ0n) is 11.5. The lowest BCUT2D eigenvalue weighted by Gasteiger charge is -2.26. The Morgan fingerprint density at radius 1 is 1.37 bits per heavy atom. The summed E-state index contributed by atoms with van der Waals surface area (Å²) in [6.07, 6.45) is 8.56. The Balaban J connectivity index is 1.71. The molecular formula is C16H21NOS. The number of hydrogen-bond acceptors (Lipinski definition) is 2. The molecule has 2 atom stereocenters. The van der Waals surface area contributed by atoms with E-state index in [1.54, 1.807) is 11.3 Å². The first-order valence-electron chi connectivity index (χ1n) is 7.30. The molecule has 0 radical (unpaired) electrons. The van der Waals surface area contributed by atoms with Crippen LogP contribution in [-0.4, -0.2) is 4.57 Å². The second-order valence-corrected chi connectivity index (χ2v) is 6.86. The summed E-state index contributed by atoms with van der Waals surface area (Å²) in [5.74, 6) is 1.69. The Kier molecular flexibility index (Phi) is 3.74. The van der Waals surface area contributed by atoms with E-state index < -0.39 is 0 Å². The molecule has 3 rings (SSSR count). The minimum atomic E-state index is 0.191. The van der Waals surface area contributed by atoms with Crippen LogP contribution in [0.4, 0.5) is 0 Å². The van der Waals surface area contributed by atoms with E-state index in [4.69, 9.17) is 0 Å².